The number of carbonyl (C=O) groups excluding carboxylic acids is 1. The first-order valence-electron chi connectivity index (χ1n) is 11.0. The third kappa shape index (κ3) is 6.84. The zero-order valence-corrected chi connectivity index (χ0v) is 21.1. The molecule has 4 rings (SSSR count). The van der Waals surface area contributed by atoms with Crippen LogP contribution in [-0.2, 0) is 27.5 Å². The molecule has 1 aromatic carbocycles. The first kappa shape index (κ1) is 25.7. The Hall–Kier alpha value is -2.41. The summed E-state index contributed by atoms with van der Waals surface area (Å²) in [5, 5.41) is 18.7. The predicted octanol–water partition coefficient (Wildman–Crippen LogP) is 3.31. The topological polar surface area (TPSA) is 144 Å². The Kier molecular flexibility index (Phi) is 8.15. The highest BCUT2D eigenvalue weighted by Crippen LogP contribution is 2.31. The van der Waals surface area contributed by atoms with Gasteiger partial charge in [0, 0.05) is 22.1 Å². The number of nitrogens with two attached hydrogens (primary N) is 1. The first-order valence-corrected chi connectivity index (χ1v) is 13.6. The highest BCUT2D eigenvalue weighted by atomic mass is 35.5. The van der Waals surface area contributed by atoms with Gasteiger partial charge in [0.2, 0.25) is 5.78 Å². The number of ketones is 1. The van der Waals surface area contributed by atoms with Crippen molar-refractivity contribution in [3.63, 3.8) is 0 Å². The van der Waals surface area contributed by atoms with Crippen LogP contribution in [0.5, 0.6) is 0 Å². The second-order valence-corrected chi connectivity index (χ2v) is 11.2. The third-order valence-electron chi connectivity index (χ3n) is 5.85. The SMILES string of the molecule is NS(=O)(=O)OCC1CC[C@H](Nc2ncncc2C(=O)c2cc(Cc3cccc(Cl)c3)c(CO)s2)C1. The van der Waals surface area contributed by atoms with E-state index in [1.807, 2.05) is 18.2 Å². The van der Waals surface area contributed by atoms with Gasteiger partial charge >= 0.3 is 10.3 Å². The molecule has 12 heteroatoms. The zero-order valence-electron chi connectivity index (χ0n) is 18.7. The maximum atomic E-state index is 13.4. The summed E-state index contributed by atoms with van der Waals surface area (Å²) in [7, 11) is -3.97. The highest BCUT2D eigenvalue weighted by Gasteiger charge is 2.28. The van der Waals surface area contributed by atoms with Gasteiger partial charge in [-0.05, 0) is 60.9 Å². The molecule has 0 bridgehead atoms. The van der Waals surface area contributed by atoms with Crippen molar-refractivity contribution in [3.05, 3.63) is 74.3 Å². The summed E-state index contributed by atoms with van der Waals surface area (Å²) in [5.74, 6) is 0.209. The van der Waals surface area contributed by atoms with Crippen molar-refractivity contribution >= 4 is 44.8 Å². The van der Waals surface area contributed by atoms with Crippen molar-refractivity contribution < 1.29 is 22.5 Å². The number of benzene rings is 1. The van der Waals surface area contributed by atoms with Crippen LogP contribution in [0.25, 0.3) is 0 Å². The van der Waals surface area contributed by atoms with Crippen LogP contribution < -0.4 is 10.5 Å². The number of nitrogens with one attached hydrogen (secondary N) is 1. The van der Waals surface area contributed by atoms with Crippen molar-refractivity contribution in [2.24, 2.45) is 11.1 Å². The third-order valence-corrected chi connectivity index (χ3v) is 7.72. The van der Waals surface area contributed by atoms with E-state index in [-0.39, 0.29) is 31.0 Å². The van der Waals surface area contributed by atoms with E-state index in [1.54, 1.807) is 12.1 Å². The predicted molar refractivity (Wildman–Crippen MR) is 134 cm³/mol. The van der Waals surface area contributed by atoms with Crippen molar-refractivity contribution in [2.45, 2.75) is 38.3 Å². The van der Waals surface area contributed by atoms with Crippen molar-refractivity contribution in [1.29, 1.82) is 0 Å². The second kappa shape index (κ2) is 11.1. The zero-order chi connectivity index (χ0) is 25.0. The van der Waals surface area contributed by atoms with Gasteiger partial charge in [-0.15, -0.1) is 11.3 Å². The Balaban J connectivity index is 1.49. The van der Waals surface area contributed by atoms with E-state index in [4.69, 9.17) is 20.9 Å². The maximum absolute atomic E-state index is 13.4. The van der Waals surface area contributed by atoms with Gasteiger partial charge in [0.15, 0.2) is 0 Å². The summed E-state index contributed by atoms with van der Waals surface area (Å²) in [6.45, 7) is -0.143. The Bertz CT molecular complexity index is 1310. The van der Waals surface area contributed by atoms with Gasteiger partial charge < -0.3 is 10.4 Å². The minimum atomic E-state index is -3.97. The van der Waals surface area contributed by atoms with Gasteiger partial charge in [0.1, 0.15) is 12.1 Å². The Labute approximate surface area is 212 Å². The molecule has 0 amide bonds. The summed E-state index contributed by atoms with van der Waals surface area (Å²) in [6, 6.07) is 9.26. The lowest BCUT2D eigenvalue weighted by atomic mass is 10.0. The first-order chi connectivity index (χ1) is 16.7. The molecule has 0 saturated heterocycles. The molecule has 1 unspecified atom stereocenters. The Morgan fingerprint density at radius 1 is 1.31 bits per heavy atom. The summed E-state index contributed by atoms with van der Waals surface area (Å²) < 4.78 is 26.8. The molecule has 0 radical (unpaired) electrons. The molecule has 1 fully saturated rings. The number of halogens is 1. The van der Waals surface area contributed by atoms with Crippen molar-refractivity contribution in [2.75, 3.05) is 11.9 Å². The van der Waals surface area contributed by atoms with E-state index in [0.29, 0.717) is 39.0 Å². The van der Waals surface area contributed by atoms with Crippen LogP contribution in [0, 0.1) is 5.92 Å². The minimum absolute atomic E-state index is 0.000238. The number of rotatable bonds is 10. The summed E-state index contributed by atoms with van der Waals surface area (Å²) in [6.07, 6.45) is 5.58. The Morgan fingerprint density at radius 3 is 2.89 bits per heavy atom. The van der Waals surface area contributed by atoms with Gasteiger partial charge in [-0.25, -0.2) is 15.1 Å². The molecule has 0 spiro atoms. The number of hydrogen-bond acceptors (Lipinski definition) is 9. The molecule has 2 atom stereocenters. The molecule has 2 aromatic heterocycles. The van der Waals surface area contributed by atoms with Crippen LogP contribution in [0.2, 0.25) is 5.02 Å². The summed E-state index contributed by atoms with van der Waals surface area (Å²) in [4.78, 5) is 22.9. The maximum Gasteiger partial charge on any atom is 0.333 e. The van der Waals surface area contributed by atoms with Crippen LogP contribution in [0.3, 0.4) is 0 Å². The van der Waals surface area contributed by atoms with E-state index in [2.05, 4.69) is 15.3 Å². The molecule has 1 aliphatic carbocycles. The Morgan fingerprint density at radius 2 is 2.14 bits per heavy atom. The molecule has 3 aromatic rings. The smallest absolute Gasteiger partial charge is 0.333 e. The molecule has 4 N–H and O–H groups in total. The van der Waals surface area contributed by atoms with Crippen LogP contribution in [0.15, 0.2) is 42.9 Å². The lowest BCUT2D eigenvalue weighted by Crippen LogP contribution is -2.22. The number of nitrogens with zero attached hydrogens (tertiary/aromatic N) is 2. The van der Waals surface area contributed by atoms with E-state index >= 15 is 0 Å². The number of anilines is 1. The van der Waals surface area contributed by atoms with Crippen LogP contribution in [0.4, 0.5) is 5.82 Å². The number of thiophene rings is 1. The highest BCUT2D eigenvalue weighted by molar-refractivity contribution is 7.84. The van der Waals surface area contributed by atoms with Crippen molar-refractivity contribution in [1.82, 2.24) is 9.97 Å². The van der Waals surface area contributed by atoms with Crippen LogP contribution in [0.1, 0.15) is 50.5 Å². The quantitative estimate of drug-likeness (QED) is 0.335. The van der Waals surface area contributed by atoms with Gasteiger partial charge in [-0.3, -0.25) is 8.98 Å². The van der Waals surface area contributed by atoms with E-state index < -0.39 is 10.3 Å². The van der Waals surface area contributed by atoms with E-state index in [9.17, 15) is 18.3 Å². The number of aliphatic hydroxyl groups excluding tert-OH is 1. The standard InChI is InChI=1S/C23H25ClN4O5S2/c24-17-3-1-2-14(7-17)6-16-9-20(34-21(16)11-29)22(30)19-10-26-13-27-23(19)28-18-5-4-15(8-18)12-33-35(25,31)32/h1-3,7,9-10,13,15,18,29H,4-6,8,11-12H2,(H2,25,31,32)(H,26,27,28)/t15?,18-/m0/s1. The molecule has 0 aliphatic heterocycles. The van der Waals surface area contributed by atoms with Gasteiger partial charge in [0.25, 0.3) is 0 Å². The minimum Gasteiger partial charge on any atom is -0.391 e. The van der Waals surface area contributed by atoms with Gasteiger partial charge in [-0.2, -0.15) is 8.42 Å². The molecular formula is C23H25ClN4O5S2. The normalized spacial score (nSPS) is 18.0. The average Bonchev–Trinajstić information content (AvgIpc) is 3.44. The lowest BCUT2D eigenvalue weighted by molar-refractivity contribution is 0.104. The largest absolute Gasteiger partial charge is 0.391 e. The van der Waals surface area contributed by atoms with Crippen LogP contribution >= 0.6 is 22.9 Å². The lowest BCUT2D eigenvalue weighted by Gasteiger charge is -2.15. The number of hydrogen-bond donors (Lipinski definition) is 3. The number of carbonyl (C=O) groups is 1. The summed E-state index contributed by atoms with van der Waals surface area (Å²) >= 11 is 7.34. The molecular weight excluding hydrogens is 512 g/mol. The molecule has 186 valence electrons. The molecule has 35 heavy (non-hydrogen) atoms. The average molecular weight is 537 g/mol. The van der Waals surface area contributed by atoms with Gasteiger partial charge in [-0.1, -0.05) is 23.7 Å². The van der Waals surface area contributed by atoms with E-state index in [1.165, 1.54) is 23.9 Å². The van der Waals surface area contributed by atoms with E-state index in [0.717, 1.165) is 24.0 Å². The molecule has 2 heterocycles. The number of aliphatic hydroxyl groups is 1. The van der Waals surface area contributed by atoms with Crippen LogP contribution in [-0.4, -0.2) is 41.9 Å². The van der Waals surface area contributed by atoms with Crippen molar-refractivity contribution in [3.8, 4) is 0 Å². The molecule has 1 aliphatic rings. The molecule has 1 saturated carbocycles. The monoisotopic (exact) mass is 536 g/mol. The fourth-order valence-corrected chi connectivity index (χ4v) is 5.81. The fraction of sp³-hybridized carbons (Fsp3) is 0.348. The fourth-order valence-electron chi connectivity index (χ4n) is 4.21. The summed E-state index contributed by atoms with van der Waals surface area (Å²) in [5.41, 5.74) is 2.18. The molecule has 9 nitrogen and oxygen atoms in total. The van der Waals surface area contributed by atoms with Gasteiger partial charge in [0.05, 0.1) is 23.7 Å². The second-order valence-electron chi connectivity index (χ2n) is 8.44. The number of aromatic nitrogens is 2.